The summed E-state index contributed by atoms with van der Waals surface area (Å²) in [5.41, 5.74) is 18.3. The Morgan fingerprint density at radius 1 is 0.720 bits per heavy atom. The molecule has 1 aromatic heterocycles. The van der Waals surface area contributed by atoms with E-state index in [1.807, 2.05) is 0 Å². The molecule has 5 rings (SSSR count). The Bertz CT molecular complexity index is 2540. The number of carboxylic acids is 1. The monoisotopic (exact) mass is 1050 g/mol. The van der Waals surface area contributed by atoms with Gasteiger partial charge in [0.25, 0.3) is 0 Å². The van der Waals surface area contributed by atoms with Gasteiger partial charge in [0.15, 0.2) is 5.96 Å². The topological polar surface area (TPSA) is 419 Å². The van der Waals surface area contributed by atoms with E-state index in [-0.39, 0.29) is 64.1 Å². The van der Waals surface area contributed by atoms with Crippen LogP contribution in [0.1, 0.15) is 63.5 Å². The highest BCUT2D eigenvalue weighted by Gasteiger charge is 2.40. The van der Waals surface area contributed by atoms with Crippen LogP contribution in [0.15, 0.2) is 65.8 Å². The molecule has 408 valence electrons. The van der Waals surface area contributed by atoms with Crippen molar-refractivity contribution in [2.24, 2.45) is 22.2 Å². The van der Waals surface area contributed by atoms with E-state index in [1.165, 1.54) is 23.6 Å². The summed E-state index contributed by atoms with van der Waals surface area (Å²) in [5, 5.41) is 56.4. The van der Waals surface area contributed by atoms with Gasteiger partial charge >= 0.3 is 5.97 Å². The van der Waals surface area contributed by atoms with Crippen LogP contribution in [0.3, 0.4) is 0 Å². The lowest BCUT2D eigenvalue weighted by molar-refractivity contribution is -0.144. The second-order valence-electron chi connectivity index (χ2n) is 18.6. The molecule has 2 aliphatic heterocycles. The van der Waals surface area contributed by atoms with Crippen LogP contribution < -0.4 is 49.1 Å². The van der Waals surface area contributed by atoms with Gasteiger partial charge in [0, 0.05) is 49.6 Å². The third-order valence-electron chi connectivity index (χ3n) is 13.0. The summed E-state index contributed by atoms with van der Waals surface area (Å²) in [5.74, 6) is -8.19. The summed E-state index contributed by atoms with van der Waals surface area (Å²) in [6.07, 6.45) is -0.363. The van der Waals surface area contributed by atoms with Crippen molar-refractivity contribution in [3.8, 4) is 0 Å². The number of H-pyrrole nitrogens is 1. The Hall–Kier alpha value is -7.68. The molecule has 3 aromatic rings. The Morgan fingerprint density at radius 2 is 1.29 bits per heavy atom. The van der Waals surface area contributed by atoms with Gasteiger partial charge in [-0.15, -0.1) is 0 Å². The number of hydrogen-bond acceptors (Lipinski definition) is 14. The summed E-state index contributed by atoms with van der Waals surface area (Å²) in [6, 6.07) is 4.82. The lowest BCUT2D eigenvalue weighted by Gasteiger charge is -2.29. The number of aromatic amines is 1. The van der Waals surface area contributed by atoms with E-state index >= 15 is 0 Å². The average Bonchev–Trinajstić information content (AvgIpc) is 4.17. The van der Waals surface area contributed by atoms with E-state index in [9.17, 15) is 63.6 Å². The number of benzene rings is 2. The fourth-order valence-corrected chi connectivity index (χ4v) is 8.97. The molecule has 0 radical (unpaired) electrons. The number of nitrogens with zero attached hydrogens (tertiary/aromatic N) is 3. The number of guanidine groups is 1. The molecule has 2 aromatic carbocycles. The molecular weight excluding hydrogens is 979 g/mol. The zero-order valence-electron chi connectivity index (χ0n) is 41.8. The first kappa shape index (κ1) is 58.2. The number of aliphatic carboxylic acids is 1. The summed E-state index contributed by atoms with van der Waals surface area (Å²) in [4.78, 5) is 131. The molecule has 2 aliphatic rings. The van der Waals surface area contributed by atoms with Crippen molar-refractivity contribution in [3.63, 3.8) is 0 Å². The van der Waals surface area contributed by atoms with Crippen molar-refractivity contribution in [1.82, 2.24) is 46.7 Å². The predicted octanol–water partition coefficient (Wildman–Crippen LogP) is -4.31. The third-order valence-corrected chi connectivity index (χ3v) is 13.0. The van der Waals surface area contributed by atoms with Crippen LogP contribution in [0.2, 0.25) is 0 Å². The fourth-order valence-electron chi connectivity index (χ4n) is 8.97. The number of carbonyl (C=O) groups excluding carboxylic acids is 8. The zero-order valence-corrected chi connectivity index (χ0v) is 41.8. The van der Waals surface area contributed by atoms with Gasteiger partial charge in [0.1, 0.15) is 48.3 Å². The number of nitrogens with two attached hydrogens (primary N) is 3. The van der Waals surface area contributed by atoms with Gasteiger partial charge in [0.05, 0.1) is 25.4 Å². The normalized spacial score (nSPS) is 18.5. The number of carboxylic acid groups (broad SMARTS) is 1. The summed E-state index contributed by atoms with van der Waals surface area (Å²) in [6.45, 7) is 1.49. The standard InChI is InChI=1S/C49H69N13O13/c1-26(64)39(59-42(68)34(21-28-11-4-3-5-12-28)57-43(69)37-17-10-20-62(37)47(73)31(50)25-63)46(72)58-35(22-29-23-54-32-14-7-6-13-30(29)32)41(67)55-24-38(66)61-19-9-16-36(61)44(70)60-40(27(2)65)45(71)56-33(48(74)75)15-8-18-53-49(51)52/h3-7,11-14,23,26-27,31,33-37,39-40,54,63-65H,8-10,15-22,24-25,50H2,1-2H3,(H,55,67)(H,56,71)(H,57,69)(H,58,72)(H,59,68)(H,60,70)(H,74,75)(H4,51,52,53)/t26-,27-,31+,33+,34+,35+,36+,37+,39+,40+/m1/s1. The van der Waals surface area contributed by atoms with Crippen LogP contribution in [-0.4, -0.2) is 188 Å². The van der Waals surface area contributed by atoms with E-state index in [1.54, 1.807) is 60.8 Å². The second-order valence-corrected chi connectivity index (χ2v) is 18.6. The van der Waals surface area contributed by atoms with Crippen LogP contribution in [0.4, 0.5) is 0 Å². The first-order valence-corrected chi connectivity index (χ1v) is 24.7. The molecule has 0 bridgehead atoms. The SMILES string of the molecule is C[C@@H](O)[C@H](NC(=O)[C@H](Cc1ccccc1)NC(=O)[C@@H]1CCCN1C(=O)[C@@H](N)CO)C(=O)N[C@@H](Cc1c[nH]c2ccccc12)C(=O)NCC(=O)N1CCC[C@H]1C(=O)N[C@H](C(=O)N[C@@H](CCCN=C(N)N)C(=O)O)[C@@H](C)O. The van der Waals surface area contributed by atoms with Gasteiger partial charge in [-0.2, -0.15) is 0 Å². The molecule has 26 heteroatoms. The highest BCUT2D eigenvalue weighted by atomic mass is 16.4. The van der Waals surface area contributed by atoms with E-state index < -0.39 is 127 Å². The number of aromatic nitrogens is 1. The highest BCUT2D eigenvalue weighted by molar-refractivity contribution is 5.98. The van der Waals surface area contributed by atoms with Crippen molar-refractivity contribution < 1.29 is 63.6 Å². The minimum atomic E-state index is -1.71. The molecule has 17 N–H and O–H groups in total. The quantitative estimate of drug-likeness (QED) is 0.0205. The number of para-hydroxylation sites is 1. The maximum absolute atomic E-state index is 14.2. The molecule has 0 spiro atoms. The van der Waals surface area contributed by atoms with Gasteiger partial charge in [0.2, 0.25) is 47.3 Å². The molecule has 0 aliphatic carbocycles. The lowest BCUT2D eigenvalue weighted by Crippen LogP contribution is -2.61. The molecule has 2 saturated heterocycles. The predicted molar refractivity (Wildman–Crippen MR) is 270 cm³/mol. The van der Waals surface area contributed by atoms with E-state index in [2.05, 4.69) is 41.9 Å². The number of fused-ring (bicyclic) bond motifs is 1. The van der Waals surface area contributed by atoms with Crippen molar-refractivity contribution in [3.05, 3.63) is 71.9 Å². The maximum Gasteiger partial charge on any atom is 0.326 e. The van der Waals surface area contributed by atoms with E-state index in [0.717, 1.165) is 0 Å². The first-order chi connectivity index (χ1) is 35.7. The Balaban J connectivity index is 1.29. The smallest absolute Gasteiger partial charge is 0.326 e. The third kappa shape index (κ3) is 16.2. The van der Waals surface area contributed by atoms with E-state index in [0.29, 0.717) is 34.9 Å². The molecule has 0 unspecified atom stereocenters. The summed E-state index contributed by atoms with van der Waals surface area (Å²) < 4.78 is 0. The van der Waals surface area contributed by atoms with Crippen LogP contribution in [-0.2, 0) is 56.0 Å². The fraction of sp³-hybridized carbons (Fsp3) is 0.510. The van der Waals surface area contributed by atoms with Gasteiger partial charge in [-0.3, -0.25) is 43.3 Å². The summed E-state index contributed by atoms with van der Waals surface area (Å²) in [7, 11) is 0. The van der Waals surface area contributed by atoms with Crippen LogP contribution in [0, 0.1) is 0 Å². The highest BCUT2D eigenvalue weighted by Crippen LogP contribution is 2.22. The van der Waals surface area contributed by atoms with Gasteiger partial charge in [-0.1, -0.05) is 48.5 Å². The molecule has 10 atom stereocenters. The minimum absolute atomic E-state index is 0.0706. The largest absolute Gasteiger partial charge is 0.480 e. The number of carbonyl (C=O) groups is 9. The van der Waals surface area contributed by atoms with Crippen molar-refractivity contribution in [1.29, 1.82) is 0 Å². The van der Waals surface area contributed by atoms with Gasteiger partial charge in [-0.25, -0.2) is 4.79 Å². The first-order valence-electron chi connectivity index (χ1n) is 24.7. The number of aliphatic imine (C=N–C) groups is 1. The second kappa shape index (κ2) is 27.6. The number of hydrogen-bond donors (Lipinski definition) is 14. The van der Waals surface area contributed by atoms with Gasteiger partial charge < -0.3 is 84.3 Å². The van der Waals surface area contributed by atoms with Crippen LogP contribution >= 0.6 is 0 Å². The molecular formula is C49H69N13O13. The molecule has 26 nitrogen and oxygen atoms in total. The molecule has 8 amide bonds. The number of amides is 8. The zero-order chi connectivity index (χ0) is 54.9. The summed E-state index contributed by atoms with van der Waals surface area (Å²) >= 11 is 0. The van der Waals surface area contributed by atoms with Crippen molar-refractivity contribution in [2.75, 3.05) is 32.8 Å². The number of aliphatic hydroxyl groups is 3. The molecule has 0 saturated carbocycles. The Morgan fingerprint density at radius 3 is 1.92 bits per heavy atom. The van der Waals surface area contributed by atoms with Crippen molar-refractivity contribution >= 4 is 70.1 Å². The number of nitrogens with one attached hydrogen (secondary N) is 7. The number of rotatable bonds is 26. The number of likely N-dealkylation sites (tertiary alicyclic amines) is 2. The average molecular weight is 1050 g/mol. The van der Waals surface area contributed by atoms with Gasteiger partial charge in [-0.05, 0) is 69.6 Å². The van der Waals surface area contributed by atoms with E-state index in [4.69, 9.17) is 17.2 Å². The Kier molecular flexibility index (Phi) is 21.4. The van der Waals surface area contributed by atoms with Crippen LogP contribution in [0.25, 0.3) is 10.9 Å². The molecule has 3 heterocycles. The minimum Gasteiger partial charge on any atom is -0.480 e. The van der Waals surface area contributed by atoms with Crippen molar-refractivity contribution in [2.45, 2.75) is 126 Å². The maximum atomic E-state index is 14.2. The molecule has 2 fully saturated rings. The molecule has 75 heavy (non-hydrogen) atoms. The number of aliphatic hydroxyl groups excluding tert-OH is 3. The Labute approximate surface area is 432 Å². The van der Waals surface area contributed by atoms with Crippen LogP contribution in [0.5, 0.6) is 0 Å². The lowest BCUT2D eigenvalue weighted by atomic mass is 10.0.